The lowest BCUT2D eigenvalue weighted by molar-refractivity contribution is 0.102. The highest BCUT2D eigenvalue weighted by atomic mass is 35.5. The number of anilines is 1. The molecule has 0 spiro atoms. The average molecular weight is 341 g/mol. The second-order valence-electron chi connectivity index (χ2n) is 4.18. The van der Waals surface area contributed by atoms with E-state index in [4.69, 9.17) is 23.2 Å². The molecule has 0 saturated carbocycles. The fraction of sp³-hybridized carbons (Fsp3) is 0. The molecule has 0 aliphatic carbocycles. The van der Waals surface area contributed by atoms with Gasteiger partial charge in [0.1, 0.15) is 11.3 Å². The van der Waals surface area contributed by atoms with Gasteiger partial charge < -0.3 is 0 Å². The summed E-state index contributed by atoms with van der Waals surface area (Å²) in [4.78, 5) is 16.2. The van der Waals surface area contributed by atoms with Crippen molar-refractivity contribution in [2.45, 2.75) is 0 Å². The lowest BCUT2D eigenvalue weighted by atomic mass is 10.2. The number of thiazole rings is 1. The van der Waals surface area contributed by atoms with Gasteiger partial charge >= 0.3 is 0 Å². The molecule has 0 saturated heterocycles. The lowest BCUT2D eigenvalue weighted by Crippen LogP contribution is -2.12. The van der Waals surface area contributed by atoms with Crippen molar-refractivity contribution in [1.82, 2.24) is 4.98 Å². The second-order valence-corrected chi connectivity index (χ2v) is 6.06. The maximum atomic E-state index is 13.6. The first-order chi connectivity index (χ1) is 10.0. The van der Waals surface area contributed by atoms with Crippen LogP contribution in [0.25, 0.3) is 10.2 Å². The Morgan fingerprint density at radius 2 is 2.05 bits per heavy atom. The number of halogens is 3. The Balaban J connectivity index is 1.93. The van der Waals surface area contributed by atoms with E-state index < -0.39 is 11.7 Å². The van der Waals surface area contributed by atoms with Crippen LogP contribution in [0.4, 0.5) is 9.52 Å². The van der Waals surface area contributed by atoms with E-state index in [-0.39, 0.29) is 16.1 Å². The maximum absolute atomic E-state index is 13.6. The van der Waals surface area contributed by atoms with E-state index in [1.165, 1.54) is 29.5 Å². The number of hydrogen-bond donors (Lipinski definition) is 1. The third-order valence-corrected chi connectivity index (χ3v) is 4.26. The van der Waals surface area contributed by atoms with E-state index in [0.717, 1.165) is 0 Å². The number of rotatable bonds is 2. The van der Waals surface area contributed by atoms with Gasteiger partial charge in [0.05, 0.1) is 15.3 Å². The zero-order valence-electron chi connectivity index (χ0n) is 10.4. The first-order valence-electron chi connectivity index (χ1n) is 5.86. The van der Waals surface area contributed by atoms with E-state index in [2.05, 4.69) is 10.3 Å². The molecule has 3 rings (SSSR count). The number of fused-ring (bicyclic) bond motifs is 1. The number of nitrogens with one attached hydrogen (secondary N) is 1. The molecule has 0 aliphatic rings. The van der Waals surface area contributed by atoms with E-state index in [0.29, 0.717) is 14.9 Å². The summed E-state index contributed by atoms with van der Waals surface area (Å²) in [6, 6.07) is 9.24. The Labute approximate surface area is 133 Å². The van der Waals surface area contributed by atoms with Gasteiger partial charge in [-0.3, -0.25) is 10.1 Å². The zero-order valence-corrected chi connectivity index (χ0v) is 12.7. The number of aromatic nitrogens is 1. The molecule has 1 heterocycles. The van der Waals surface area contributed by atoms with Crippen molar-refractivity contribution >= 4 is 55.8 Å². The predicted octanol–water partition coefficient (Wildman–Crippen LogP) is 4.99. The third-order valence-electron chi connectivity index (χ3n) is 2.76. The average Bonchev–Trinajstić information content (AvgIpc) is 2.85. The Morgan fingerprint density at radius 1 is 1.24 bits per heavy atom. The third kappa shape index (κ3) is 2.85. The molecule has 0 aliphatic heterocycles. The Bertz CT molecular complexity index is 850. The van der Waals surface area contributed by atoms with Gasteiger partial charge in [-0.15, -0.1) is 0 Å². The Kier molecular flexibility index (Phi) is 3.80. The second kappa shape index (κ2) is 5.60. The summed E-state index contributed by atoms with van der Waals surface area (Å²) in [6.07, 6.45) is 0. The molecule has 2 aromatic carbocycles. The molecule has 0 radical (unpaired) electrons. The van der Waals surface area contributed by atoms with Gasteiger partial charge in [-0.2, -0.15) is 0 Å². The molecule has 0 fully saturated rings. The summed E-state index contributed by atoms with van der Waals surface area (Å²) in [5.41, 5.74) is 0.471. The Morgan fingerprint density at radius 3 is 2.81 bits per heavy atom. The minimum Gasteiger partial charge on any atom is -0.298 e. The quantitative estimate of drug-likeness (QED) is 0.713. The van der Waals surface area contributed by atoms with Crippen molar-refractivity contribution < 1.29 is 9.18 Å². The van der Waals surface area contributed by atoms with Gasteiger partial charge in [-0.05, 0) is 30.3 Å². The number of amides is 1. The first kappa shape index (κ1) is 14.3. The number of carbonyl (C=O) groups is 1. The molecular formula is C14H7Cl2FN2OS. The van der Waals surface area contributed by atoms with Gasteiger partial charge in [-0.25, -0.2) is 9.37 Å². The van der Waals surface area contributed by atoms with Crippen LogP contribution >= 0.6 is 34.5 Å². The summed E-state index contributed by atoms with van der Waals surface area (Å²) in [5.74, 6) is -0.869. The van der Waals surface area contributed by atoms with Crippen LogP contribution in [0.3, 0.4) is 0 Å². The van der Waals surface area contributed by atoms with Crippen LogP contribution < -0.4 is 5.32 Å². The minimum absolute atomic E-state index is 0.231. The van der Waals surface area contributed by atoms with E-state index >= 15 is 0 Å². The van der Waals surface area contributed by atoms with Crippen molar-refractivity contribution in [3.63, 3.8) is 0 Å². The van der Waals surface area contributed by atoms with Crippen molar-refractivity contribution in [3.8, 4) is 0 Å². The molecule has 7 heteroatoms. The summed E-state index contributed by atoms with van der Waals surface area (Å²) >= 11 is 13.0. The van der Waals surface area contributed by atoms with Crippen LogP contribution in [-0.2, 0) is 0 Å². The topological polar surface area (TPSA) is 42.0 Å². The summed E-state index contributed by atoms with van der Waals surface area (Å²) in [7, 11) is 0. The molecule has 1 amide bonds. The molecule has 0 atom stereocenters. The van der Waals surface area contributed by atoms with Crippen molar-refractivity contribution in [2.24, 2.45) is 0 Å². The smallest absolute Gasteiger partial charge is 0.259 e. The van der Waals surface area contributed by atoms with Crippen LogP contribution in [0.2, 0.25) is 10.0 Å². The van der Waals surface area contributed by atoms with Gasteiger partial charge in [-0.1, -0.05) is 40.6 Å². The standard InChI is InChI=1S/C14H7Cl2FN2OS/c15-7-4-5-9(16)8(6-7)13(20)19-14-18-12-10(17)2-1-3-11(12)21-14/h1-6H,(H,18,19,20). The van der Waals surface area contributed by atoms with Crippen molar-refractivity contribution in [3.05, 3.63) is 57.8 Å². The van der Waals surface area contributed by atoms with Gasteiger partial charge in [0, 0.05) is 5.02 Å². The van der Waals surface area contributed by atoms with Crippen LogP contribution in [0, 0.1) is 5.82 Å². The molecule has 21 heavy (non-hydrogen) atoms. The SMILES string of the molecule is O=C(Nc1nc2c(F)cccc2s1)c1cc(Cl)ccc1Cl. The normalized spacial score (nSPS) is 10.8. The highest BCUT2D eigenvalue weighted by Crippen LogP contribution is 2.28. The molecule has 0 bridgehead atoms. The molecule has 3 aromatic rings. The Hall–Kier alpha value is -1.69. The first-order valence-corrected chi connectivity index (χ1v) is 7.43. The van der Waals surface area contributed by atoms with Crippen LogP contribution in [0.15, 0.2) is 36.4 Å². The minimum atomic E-state index is -0.443. The number of carbonyl (C=O) groups excluding carboxylic acids is 1. The fourth-order valence-corrected chi connectivity index (χ4v) is 3.06. The zero-order chi connectivity index (χ0) is 15.0. The molecule has 1 aromatic heterocycles. The maximum Gasteiger partial charge on any atom is 0.259 e. The van der Waals surface area contributed by atoms with E-state index in [1.807, 2.05) is 0 Å². The van der Waals surface area contributed by atoms with Crippen LogP contribution in [0.1, 0.15) is 10.4 Å². The lowest BCUT2D eigenvalue weighted by Gasteiger charge is -2.04. The van der Waals surface area contributed by atoms with Crippen molar-refractivity contribution in [2.75, 3.05) is 5.32 Å². The molecule has 1 N–H and O–H groups in total. The molecule has 0 unspecified atom stereocenters. The fourth-order valence-electron chi connectivity index (χ4n) is 1.80. The molecular weight excluding hydrogens is 334 g/mol. The molecule has 106 valence electrons. The van der Waals surface area contributed by atoms with Crippen LogP contribution in [0.5, 0.6) is 0 Å². The number of para-hydroxylation sites is 1. The monoisotopic (exact) mass is 340 g/mol. The highest BCUT2D eigenvalue weighted by Gasteiger charge is 2.14. The van der Waals surface area contributed by atoms with E-state index in [9.17, 15) is 9.18 Å². The largest absolute Gasteiger partial charge is 0.298 e. The summed E-state index contributed by atoms with van der Waals surface area (Å²) in [5, 5.41) is 3.59. The predicted molar refractivity (Wildman–Crippen MR) is 84.0 cm³/mol. The van der Waals surface area contributed by atoms with Gasteiger partial charge in [0.25, 0.3) is 5.91 Å². The summed E-state index contributed by atoms with van der Waals surface area (Å²) < 4.78 is 14.2. The number of benzene rings is 2. The van der Waals surface area contributed by atoms with Gasteiger partial charge in [0.2, 0.25) is 0 Å². The van der Waals surface area contributed by atoms with Crippen LogP contribution in [-0.4, -0.2) is 10.9 Å². The molecule has 3 nitrogen and oxygen atoms in total. The van der Waals surface area contributed by atoms with Gasteiger partial charge in [0.15, 0.2) is 5.13 Å². The van der Waals surface area contributed by atoms with E-state index in [1.54, 1.807) is 18.2 Å². The highest BCUT2D eigenvalue weighted by molar-refractivity contribution is 7.22. The van der Waals surface area contributed by atoms with Crippen molar-refractivity contribution in [1.29, 1.82) is 0 Å². The summed E-state index contributed by atoms with van der Waals surface area (Å²) in [6.45, 7) is 0. The number of hydrogen-bond acceptors (Lipinski definition) is 3. The number of nitrogens with zero attached hydrogens (tertiary/aromatic N) is 1.